The van der Waals surface area contributed by atoms with E-state index in [0.29, 0.717) is 16.8 Å². The zero-order valence-electron chi connectivity index (χ0n) is 15.1. The van der Waals surface area contributed by atoms with Crippen LogP contribution in [0.3, 0.4) is 0 Å². The predicted molar refractivity (Wildman–Crippen MR) is 95.3 cm³/mol. The first kappa shape index (κ1) is 19.5. The van der Waals surface area contributed by atoms with Gasteiger partial charge in [0.15, 0.2) is 0 Å². The van der Waals surface area contributed by atoms with Crippen molar-refractivity contribution in [1.29, 1.82) is 0 Å². The van der Waals surface area contributed by atoms with Gasteiger partial charge in [-0.15, -0.1) is 0 Å². The second-order valence-electron chi connectivity index (χ2n) is 7.98. The van der Waals surface area contributed by atoms with E-state index in [-0.39, 0.29) is 16.9 Å². The highest BCUT2D eigenvalue weighted by atomic mass is 32.2. The van der Waals surface area contributed by atoms with Gasteiger partial charge in [0.05, 0.1) is 11.9 Å². The minimum absolute atomic E-state index is 0.107. The van der Waals surface area contributed by atoms with Crippen LogP contribution in [0.25, 0.3) is 0 Å². The maximum absolute atomic E-state index is 12.4. The molecule has 1 aromatic carbocycles. The number of benzene rings is 1. The molecule has 0 aliphatic rings. The van der Waals surface area contributed by atoms with Crippen molar-refractivity contribution in [2.75, 3.05) is 11.0 Å². The number of nitrogens with one attached hydrogen (secondary N) is 2. The fourth-order valence-electron chi connectivity index (χ4n) is 2.87. The second kappa shape index (κ2) is 6.51. The van der Waals surface area contributed by atoms with Crippen molar-refractivity contribution in [2.24, 2.45) is 5.41 Å². The molecule has 2 N–H and O–H groups in total. The van der Waals surface area contributed by atoms with E-state index in [0.717, 1.165) is 12.7 Å². The average Bonchev–Trinajstić information content (AvgIpc) is 2.25. The van der Waals surface area contributed by atoms with Crippen molar-refractivity contribution in [3.05, 3.63) is 29.3 Å². The minimum Gasteiger partial charge on any atom is -0.347 e. The highest BCUT2D eigenvalue weighted by molar-refractivity contribution is 7.92. The van der Waals surface area contributed by atoms with Gasteiger partial charge in [-0.05, 0) is 56.4 Å². The Balaban J connectivity index is 2.91. The maximum atomic E-state index is 12.4. The molecule has 1 rings (SSSR count). The maximum Gasteiger partial charge on any atom is 0.251 e. The molecule has 5 nitrogen and oxygen atoms in total. The van der Waals surface area contributed by atoms with Gasteiger partial charge in [0, 0.05) is 11.1 Å². The Morgan fingerprint density at radius 1 is 1.13 bits per heavy atom. The number of anilines is 1. The minimum atomic E-state index is -3.33. The molecule has 6 heteroatoms. The third-order valence-corrected chi connectivity index (χ3v) is 3.80. The molecule has 0 saturated heterocycles. The lowest BCUT2D eigenvalue weighted by molar-refractivity contribution is 0.0891. The predicted octanol–water partition coefficient (Wildman–Crippen LogP) is 3.31. The van der Waals surface area contributed by atoms with Gasteiger partial charge in [0.1, 0.15) is 0 Å². The first-order valence-electron chi connectivity index (χ1n) is 7.59. The number of hydrogen-bond donors (Lipinski definition) is 2. The number of carbonyl (C=O) groups is 1. The number of sulfonamides is 1. The summed E-state index contributed by atoms with van der Waals surface area (Å²) in [7, 11) is -3.33. The van der Waals surface area contributed by atoms with Crippen molar-refractivity contribution >= 4 is 21.6 Å². The van der Waals surface area contributed by atoms with Crippen LogP contribution < -0.4 is 10.0 Å². The number of rotatable bonds is 5. The quantitative estimate of drug-likeness (QED) is 0.863. The fourth-order valence-corrected chi connectivity index (χ4v) is 3.50. The Morgan fingerprint density at radius 2 is 1.70 bits per heavy atom. The Bertz CT molecular complexity index is 686. The first-order chi connectivity index (χ1) is 10.2. The van der Waals surface area contributed by atoms with Crippen molar-refractivity contribution in [3.63, 3.8) is 0 Å². The molecule has 23 heavy (non-hydrogen) atoms. The van der Waals surface area contributed by atoms with E-state index in [1.807, 2.05) is 13.8 Å². The normalized spacial score (nSPS) is 12.8. The molecule has 0 heterocycles. The number of carbonyl (C=O) groups excluding carboxylic acids is 1. The topological polar surface area (TPSA) is 75.3 Å². The summed E-state index contributed by atoms with van der Waals surface area (Å²) in [6.45, 7) is 12.2. The third-order valence-electron chi connectivity index (χ3n) is 3.21. The van der Waals surface area contributed by atoms with Gasteiger partial charge in [-0.1, -0.05) is 20.8 Å². The summed E-state index contributed by atoms with van der Waals surface area (Å²) in [6, 6.07) is 4.93. The van der Waals surface area contributed by atoms with Crippen LogP contribution in [0.1, 0.15) is 57.0 Å². The summed E-state index contributed by atoms with van der Waals surface area (Å²) >= 11 is 0. The molecule has 0 atom stereocenters. The van der Waals surface area contributed by atoms with Gasteiger partial charge >= 0.3 is 0 Å². The van der Waals surface area contributed by atoms with Crippen LogP contribution in [0.2, 0.25) is 0 Å². The van der Waals surface area contributed by atoms with Gasteiger partial charge in [0.25, 0.3) is 5.91 Å². The molecular weight excluding hydrogens is 312 g/mol. The summed E-state index contributed by atoms with van der Waals surface area (Å²) in [4.78, 5) is 12.4. The highest BCUT2D eigenvalue weighted by Gasteiger charge is 2.27. The molecule has 130 valence electrons. The third kappa shape index (κ3) is 7.03. The van der Waals surface area contributed by atoms with Crippen LogP contribution in [-0.2, 0) is 10.0 Å². The van der Waals surface area contributed by atoms with Crippen molar-refractivity contribution in [3.8, 4) is 0 Å². The van der Waals surface area contributed by atoms with Crippen molar-refractivity contribution in [2.45, 2.75) is 53.5 Å². The zero-order valence-corrected chi connectivity index (χ0v) is 15.9. The molecule has 0 aromatic heterocycles. The fraction of sp³-hybridized carbons (Fsp3) is 0.588. The molecule has 0 radical (unpaired) electrons. The zero-order chi connectivity index (χ0) is 18.1. The van der Waals surface area contributed by atoms with Crippen molar-refractivity contribution in [1.82, 2.24) is 5.32 Å². The molecule has 1 amide bonds. The Labute approximate surface area is 139 Å². The second-order valence-corrected chi connectivity index (χ2v) is 9.73. The Morgan fingerprint density at radius 3 is 2.13 bits per heavy atom. The molecular formula is C17H28N2O3S. The standard InChI is InChI=1S/C17H28N2O3S/c1-12-10-13(8-9-14(12)19-23(7,21)22)15(20)18-17(5,6)11-16(2,3)4/h8-10,19H,11H2,1-7H3,(H,18,20). The van der Waals surface area contributed by atoms with Crippen LogP contribution in [0.4, 0.5) is 5.69 Å². The molecule has 0 saturated carbocycles. The highest BCUT2D eigenvalue weighted by Crippen LogP contribution is 2.27. The van der Waals surface area contributed by atoms with Crippen LogP contribution >= 0.6 is 0 Å². The Hall–Kier alpha value is -1.56. The molecule has 0 spiro atoms. The lowest BCUT2D eigenvalue weighted by Crippen LogP contribution is -2.45. The molecule has 1 aromatic rings. The van der Waals surface area contributed by atoms with E-state index in [2.05, 4.69) is 30.8 Å². The SMILES string of the molecule is Cc1cc(C(=O)NC(C)(C)CC(C)(C)C)ccc1NS(C)(=O)=O. The van der Waals surface area contributed by atoms with Gasteiger partial charge in [-0.25, -0.2) is 8.42 Å². The number of aryl methyl sites for hydroxylation is 1. The van der Waals surface area contributed by atoms with Gasteiger partial charge in [-0.2, -0.15) is 0 Å². The molecule has 0 aliphatic carbocycles. The van der Waals surface area contributed by atoms with E-state index in [1.165, 1.54) is 0 Å². The van der Waals surface area contributed by atoms with Crippen LogP contribution in [-0.4, -0.2) is 26.1 Å². The van der Waals surface area contributed by atoms with Crippen LogP contribution in [0, 0.1) is 12.3 Å². The molecule has 0 fully saturated rings. The summed E-state index contributed by atoms with van der Waals surface area (Å²) in [5.74, 6) is -0.159. The lowest BCUT2D eigenvalue weighted by Gasteiger charge is -2.33. The monoisotopic (exact) mass is 340 g/mol. The van der Waals surface area contributed by atoms with Gasteiger partial charge in [0.2, 0.25) is 10.0 Å². The van der Waals surface area contributed by atoms with E-state index < -0.39 is 10.0 Å². The summed E-state index contributed by atoms with van der Waals surface area (Å²) < 4.78 is 25.0. The van der Waals surface area contributed by atoms with E-state index in [9.17, 15) is 13.2 Å². The van der Waals surface area contributed by atoms with E-state index in [1.54, 1.807) is 25.1 Å². The summed E-state index contributed by atoms with van der Waals surface area (Å²) in [5.41, 5.74) is 1.49. The van der Waals surface area contributed by atoms with Crippen molar-refractivity contribution < 1.29 is 13.2 Å². The number of hydrogen-bond acceptors (Lipinski definition) is 3. The lowest BCUT2D eigenvalue weighted by atomic mass is 9.81. The molecule has 0 bridgehead atoms. The number of amides is 1. The van der Waals surface area contributed by atoms with E-state index >= 15 is 0 Å². The van der Waals surface area contributed by atoms with Crippen LogP contribution in [0.15, 0.2) is 18.2 Å². The Kier molecular flexibility index (Phi) is 5.52. The van der Waals surface area contributed by atoms with Gasteiger partial charge in [-0.3, -0.25) is 9.52 Å². The van der Waals surface area contributed by atoms with Gasteiger partial charge < -0.3 is 5.32 Å². The smallest absolute Gasteiger partial charge is 0.251 e. The first-order valence-corrected chi connectivity index (χ1v) is 9.49. The summed E-state index contributed by atoms with van der Waals surface area (Å²) in [6.07, 6.45) is 1.94. The molecule has 0 unspecified atom stereocenters. The van der Waals surface area contributed by atoms with Crippen LogP contribution in [0.5, 0.6) is 0 Å². The summed E-state index contributed by atoms with van der Waals surface area (Å²) in [5, 5.41) is 3.05. The van der Waals surface area contributed by atoms with E-state index in [4.69, 9.17) is 0 Å². The molecule has 0 aliphatic heterocycles. The largest absolute Gasteiger partial charge is 0.347 e. The average molecular weight is 340 g/mol.